The van der Waals surface area contributed by atoms with Crippen molar-refractivity contribution in [2.75, 3.05) is 5.32 Å². The quantitative estimate of drug-likeness (QED) is 0.513. The van der Waals surface area contributed by atoms with E-state index in [1.54, 1.807) is 18.6 Å². The molecule has 0 spiro atoms. The van der Waals surface area contributed by atoms with Crippen LogP contribution >= 0.6 is 11.3 Å². The van der Waals surface area contributed by atoms with Crippen LogP contribution in [0.4, 0.5) is 10.9 Å². The number of hydrogen-bond acceptors (Lipinski definition) is 6. The molecular weight excluding hydrogens is 344 g/mol. The predicted octanol–water partition coefficient (Wildman–Crippen LogP) is 5.44. The van der Waals surface area contributed by atoms with E-state index < -0.39 is 0 Å². The zero-order valence-corrected chi connectivity index (χ0v) is 14.9. The first-order valence-electron chi connectivity index (χ1n) is 8.10. The number of para-hydroxylation sites is 1. The van der Waals surface area contributed by atoms with Gasteiger partial charge in [0.15, 0.2) is 16.7 Å². The first-order chi connectivity index (χ1) is 12.8. The maximum absolute atomic E-state index is 6.08. The van der Waals surface area contributed by atoms with Crippen molar-refractivity contribution in [2.24, 2.45) is 0 Å². The Balaban J connectivity index is 1.72. The average molecular weight is 360 g/mol. The third-order valence-electron chi connectivity index (χ3n) is 3.66. The van der Waals surface area contributed by atoms with E-state index in [0.717, 1.165) is 27.7 Å². The molecule has 5 nitrogen and oxygen atoms in total. The highest BCUT2D eigenvalue weighted by Gasteiger charge is 2.12. The van der Waals surface area contributed by atoms with Crippen molar-refractivity contribution < 1.29 is 4.74 Å². The van der Waals surface area contributed by atoms with Crippen LogP contribution in [-0.2, 0) is 0 Å². The van der Waals surface area contributed by atoms with E-state index in [1.165, 1.54) is 11.3 Å². The van der Waals surface area contributed by atoms with Gasteiger partial charge < -0.3 is 10.1 Å². The third kappa shape index (κ3) is 3.70. The van der Waals surface area contributed by atoms with E-state index in [4.69, 9.17) is 4.74 Å². The molecule has 0 fully saturated rings. The summed E-state index contributed by atoms with van der Waals surface area (Å²) in [5.41, 5.74) is 2.88. The van der Waals surface area contributed by atoms with E-state index in [-0.39, 0.29) is 0 Å². The van der Waals surface area contributed by atoms with Crippen LogP contribution in [0.5, 0.6) is 11.5 Å². The van der Waals surface area contributed by atoms with E-state index in [0.29, 0.717) is 11.6 Å². The zero-order chi connectivity index (χ0) is 17.8. The molecule has 0 amide bonds. The molecule has 0 atom stereocenters. The molecule has 6 heteroatoms. The highest BCUT2D eigenvalue weighted by molar-refractivity contribution is 7.13. The number of anilines is 2. The minimum Gasteiger partial charge on any atom is -0.453 e. The molecule has 4 rings (SSSR count). The first-order valence-corrected chi connectivity index (χ1v) is 8.98. The summed E-state index contributed by atoms with van der Waals surface area (Å²) < 4.78 is 6.08. The van der Waals surface area contributed by atoms with Crippen molar-refractivity contribution in [2.45, 2.75) is 6.92 Å². The van der Waals surface area contributed by atoms with Crippen molar-refractivity contribution in [3.05, 3.63) is 78.2 Å². The molecule has 1 N–H and O–H groups in total. The van der Waals surface area contributed by atoms with Gasteiger partial charge in [-0.3, -0.25) is 4.98 Å². The second-order valence-corrected chi connectivity index (χ2v) is 6.50. The van der Waals surface area contributed by atoms with Crippen LogP contribution in [0.15, 0.2) is 72.5 Å². The molecule has 128 valence electrons. The fourth-order valence-corrected chi connectivity index (χ4v) is 3.12. The zero-order valence-electron chi connectivity index (χ0n) is 14.1. The van der Waals surface area contributed by atoms with Crippen LogP contribution in [0.2, 0.25) is 0 Å². The Morgan fingerprint density at radius 3 is 2.62 bits per heavy atom. The van der Waals surface area contributed by atoms with Crippen molar-refractivity contribution in [1.82, 2.24) is 15.0 Å². The molecule has 0 aliphatic heterocycles. The molecular formula is C20H16N4OS. The predicted molar refractivity (Wildman–Crippen MR) is 104 cm³/mol. The van der Waals surface area contributed by atoms with Crippen LogP contribution in [0, 0.1) is 6.92 Å². The molecule has 3 heterocycles. The molecule has 0 radical (unpaired) electrons. The van der Waals surface area contributed by atoms with Gasteiger partial charge in [0, 0.05) is 35.1 Å². The lowest BCUT2D eigenvalue weighted by Crippen LogP contribution is -1.98. The molecule has 0 unspecified atom stereocenters. The van der Waals surface area contributed by atoms with Gasteiger partial charge in [0.05, 0.1) is 5.69 Å². The summed E-state index contributed by atoms with van der Waals surface area (Å²) in [4.78, 5) is 13.2. The SMILES string of the molecule is Cc1csc(Nc2ncc(-c3cccnc3)cc2Oc2ccccc2)n1. The Morgan fingerprint density at radius 2 is 1.88 bits per heavy atom. The van der Waals surface area contributed by atoms with Crippen LogP contribution in [0.25, 0.3) is 11.1 Å². The van der Waals surface area contributed by atoms with Gasteiger partial charge in [-0.25, -0.2) is 9.97 Å². The normalized spacial score (nSPS) is 10.5. The Bertz CT molecular complexity index is 1000. The number of aromatic nitrogens is 3. The largest absolute Gasteiger partial charge is 0.453 e. The summed E-state index contributed by atoms with van der Waals surface area (Å²) in [6, 6.07) is 15.5. The van der Waals surface area contributed by atoms with Gasteiger partial charge in [-0.1, -0.05) is 24.3 Å². The second-order valence-electron chi connectivity index (χ2n) is 5.65. The highest BCUT2D eigenvalue weighted by Crippen LogP contribution is 2.34. The third-order valence-corrected chi connectivity index (χ3v) is 4.54. The highest BCUT2D eigenvalue weighted by atomic mass is 32.1. The lowest BCUT2D eigenvalue weighted by Gasteiger charge is -2.12. The number of rotatable bonds is 5. The van der Waals surface area contributed by atoms with E-state index in [2.05, 4.69) is 20.3 Å². The van der Waals surface area contributed by atoms with Crippen molar-refractivity contribution in [3.63, 3.8) is 0 Å². The van der Waals surface area contributed by atoms with E-state index in [1.807, 2.05) is 60.8 Å². The second kappa shape index (κ2) is 7.33. The summed E-state index contributed by atoms with van der Waals surface area (Å²) in [5.74, 6) is 2.00. The number of ether oxygens (including phenoxy) is 1. The summed E-state index contributed by atoms with van der Waals surface area (Å²) in [7, 11) is 0. The molecule has 1 aromatic carbocycles. The van der Waals surface area contributed by atoms with E-state index >= 15 is 0 Å². The molecule has 3 aromatic heterocycles. The van der Waals surface area contributed by atoms with Crippen LogP contribution < -0.4 is 10.1 Å². The molecule has 0 aliphatic carbocycles. The maximum atomic E-state index is 6.08. The first kappa shape index (κ1) is 16.2. The number of aryl methyl sites for hydroxylation is 1. The Hall–Kier alpha value is -3.25. The minimum atomic E-state index is 0.621. The number of nitrogens with one attached hydrogen (secondary N) is 1. The van der Waals surface area contributed by atoms with Gasteiger partial charge in [0.25, 0.3) is 0 Å². The van der Waals surface area contributed by atoms with E-state index in [9.17, 15) is 0 Å². The molecule has 0 saturated heterocycles. The van der Waals surface area contributed by atoms with Crippen LogP contribution in [0.3, 0.4) is 0 Å². The van der Waals surface area contributed by atoms with Crippen molar-refractivity contribution in [3.8, 4) is 22.6 Å². The Labute approximate surface area is 155 Å². The van der Waals surface area contributed by atoms with Crippen LogP contribution in [0.1, 0.15) is 5.69 Å². The number of pyridine rings is 2. The van der Waals surface area contributed by atoms with Gasteiger partial charge in [-0.05, 0) is 31.2 Å². The molecule has 4 aromatic rings. The molecule has 0 aliphatic rings. The van der Waals surface area contributed by atoms with Gasteiger partial charge in [0.1, 0.15) is 5.75 Å². The molecule has 0 bridgehead atoms. The monoisotopic (exact) mass is 360 g/mol. The molecule has 0 saturated carbocycles. The van der Waals surface area contributed by atoms with Gasteiger partial charge in [-0.15, -0.1) is 11.3 Å². The Kier molecular flexibility index (Phi) is 4.57. The van der Waals surface area contributed by atoms with Crippen LogP contribution in [-0.4, -0.2) is 15.0 Å². The van der Waals surface area contributed by atoms with Gasteiger partial charge in [0.2, 0.25) is 0 Å². The minimum absolute atomic E-state index is 0.621. The fraction of sp³-hybridized carbons (Fsp3) is 0.0500. The number of benzene rings is 1. The lowest BCUT2D eigenvalue weighted by molar-refractivity contribution is 0.483. The Morgan fingerprint density at radius 1 is 1.00 bits per heavy atom. The van der Waals surface area contributed by atoms with Gasteiger partial charge >= 0.3 is 0 Å². The number of thiazole rings is 1. The lowest BCUT2D eigenvalue weighted by atomic mass is 10.1. The topological polar surface area (TPSA) is 59.9 Å². The smallest absolute Gasteiger partial charge is 0.188 e. The summed E-state index contributed by atoms with van der Waals surface area (Å²) in [5, 5.41) is 6.02. The summed E-state index contributed by atoms with van der Waals surface area (Å²) >= 11 is 1.53. The maximum Gasteiger partial charge on any atom is 0.188 e. The average Bonchev–Trinajstić information content (AvgIpc) is 3.09. The standard InChI is InChI=1S/C20H16N4OS/c1-14-13-26-20(23-14)24-19-18(25-17-7-3-2-4-8-17)10-16(12-22-19)15-6-5-9-21-11-15/h2-13H,1H3,(H,22,23,24). The van der Waals surface area contributed by atoms with Crippen molar-refractivity contribution >= 4 is 22.3 Å². The number of hydrogen-bond donors (Lipinski definition) is 1. The number of nitrogens with zero attached hydrogens (tertiary/aromatic N) is 3. The summed E-state index contributed by atoms with van der Waals surface area (Å²) in [6.07, 6.45) is 5.36. The summed E-state index contributed by atoms with van der Waals surface area (Å²) in [6.45, 7) is 1.96. The molecule has 26 heavy (non-hydrogen) atoms. The van der Waals surface area contributed by atoms with Crippen molar-refractivity contribution in [1.29, 1.82) is 0 Å². The van der Waals surface area contributed by atoms with Gasteiger partial charge in [-0.2, -0.15) is 0 Å². The fourth-order valence-electron chi connectivity index (χ4n) is 2.44.